The van der Waals surface area contributed by atoms with Crippen LogP contribution in [0.5, 0.6) is 0 Å². The molecule has 0 spiro atoms. The van der Waals surface area contributed by atoms with Gasteiger partial charge >= 0.3 is 0 Å². The van der Waals surface area contributed by atoms with Gasteiger partial charge in [0.2, 0.25) is 0 Å². The van der Waals surface area contributed by atoms with E-state index in [1.807, 2.05) is 6.92 Å². The van der Waals surface area contributed by atoms with E-state index >= 15 is 0 Å². The first-order valence-electron chi connectivity index (χ1n) is 5.30. The van der Waals surface area contributed by atoms with Crippen LogP contribution in [0.4, 0.5) is 0 Å². The van der Waals surface area contributed by atoms with Crippen LogP contribution in [0.1, 0.15) is 23.6 Å². The van der Waals surface area contributed by atoms with Crippen molar-refractivity contribution in [2.75, 3.05) is 6.54 Å². The van der Waals surface area contributed by atoms with Gasteiger partial charge in [-0.05, 0) is 31.9 Å². The molecule has 1 rings (SSSR count). The highest BCUT2D eigenvalue weighted by Gasteiger charge is 2.00. The molecule has 0 bridgehead atoms. The quantitative estimate of drug-likeness (QED) is 0.814. The van der Waals surface area contributed by atoms with Crippen molar-refractivity contribution >= 4 is 0 Å². The van der Waals surface area contributed by atoms with Crippen LogP contribution in [0.2, 0.25) is 0 Å². The molecule has 0 aliphatic carbocycles. The van der Waals surface area contributed by atoms with E-state index in [-0.39, 0.29) is 5.92 Å². The Hall–Kier alpha value is -1.33. The molecule has 1 aromatic rings. The molecule has 0 aromatic heterocycles. The second-order valence-corrected chi connectivity index (χ2v) is 4.09. The van der Waals surface area contributed by atoms with Crippen LogP contribution in [0.3, 0.4) is 0 Å². The molecule has 1 N–H and O–H groups in total. The lowest BCUT2D eigenvalue weighted by molar-refractivity contribution is 0.600. The molecular weight excluding hydrogens is 184 g/mol. The number of nitrogens with one attached hydrogen (secondary N) is 1. The normalized spacial score (nSPS) is 12.1. The number of hydrogen-bond donors (Lipinski definition) is 1. The van der Waals surface area contributed by atoms with Gasteiger partial charge in [-0.3, -0.25) is 0 Å². The third kappa shape index (κ3) is 3.73. The second kappa shape index (κ2) is 5.53. The van der Waals surface area contributed by atoms with Crippen LogP contribution in [-0.2, 0) is 6.54 Å². The summed E-state index contributed by atoms with van der Waals surface area (Å²) in [6.45, 7) is 7.75. The summed E-state index contributed by atoms with van der Waals surface area (Å²) in [6, 6.07) is 8.67. The van der Waals surface area contributed by atoms with E-state index in [2.05, 4.69) is 43.4 Å². The van der Waals surface area contributed by atoms with E-state index < -0.39 is 0 Å². The lowest BCUT2D eigenvalue weighted by Gasteiger charge is -2.09. The molecule has 2 heteroatoms. The average molecular weight is 202 g/mol. The van der Waals surface area contributed by atoms with Gasteiger partial charge in [0.1, 0.15) is 0 Å². The summed E-state index contributed by atoms with van der Waals surface area (Å²) >= 11 is 0. The Morgan fingerprint density at radius 1 is 1.40 bits per heavy atom. The van der Waals surface area contributed by atoms with Gasteiger partial charge in [-0.2, -0.15) is 5.26 Å². The molecule has 0 heterocycles. The Morgan fingerprint density at radius 3 is 2.73 bits per heavy atom. The van der Waals surface area contributed by atoms with Gasteiger partial charge in [0.15, 0.2) is 0 Å². The zero-order valence-corrected chi connectivity index (χ0v) is 9.67. The van der Waals surface area contributed by atoms with E-state index in [4.69, 9.17) is 5.26 Å². The minimum absolute atomic E-state index is 0.0794. The molecule has 0 saturated carbocycles. The SMILES string of the molecule is Cc1ccc(CNCC(C)C#N)c(C)c1. The molecule has 0 radical (unpaired) electrons. The van der Waals surface area contributed by atoms with Crippen LogP contribution in [0.15, 0.2) is 18.2 Å². The predicted octanol–water partition coefficient (Wildman–Crippen LogP) is 2.55. The van der Waals surface area contributed by atoms with Crippen LogP contribution in [0, 0.1) is 31.1 Å². The molecule has 1 atom stereocenters. The van der Waals surface area contributed by atoms with Crippen molar-refractivity contribution in [3.8, 4) is 6.07 Å². The zero-order valence-electron chi connectivity index (χ0n) is 9.67. The van der Waals surface area contributed by atoms with Crippen LogP contribution in [0.25, 0.3) is 0 Å². The fraction of sp³-hybridized carbons (Fsp3) is 0.462. The first-order valence-corrected chi connectivity index (χ1v) is 5.30. The molecule has 0 saturated heterocycles. The maximum Gasteiger partial charge on any atom is 0.0666 e. The summed E-state index contributed by atoms with van der Waals surface area (Å²) in [6.07, 6.45) is 0. The first kappa shape index (κ1) is 11.7. The minimum atomic E-state index is 0.0794. The summed E-state index contributed by atoms with van der Waals surface area (Å²) in [5.74, 6) is 0.0794. The van der Waals surface area contributed by atoms with Crippen LogP contribution < -0.4 is 5.32 Å². The largest absolute Gasteiger partial charge is 0.311 e. The number of rotatable bonds is 4. The van der Waals surface area contributed by atoms with Gasteiger partial charge in [-0.1, -0.05) is 23.8 Å². The van der Waals surface area contributed by atoms with Crippen molar-refractivity contribution in [1.82, 2.24) is 5.32 Å². The van der Waals surface area contributed by atoms with Crippen molar-refractivity contribution in [1.29, 1.82) is 5.26 Å². The standard InChI is InChI=1S/C13H18N2/c1-10-4-5-13(12(3)6-10)9-15-8-11(2)7-14/h4-6,11,15H,8-9H2,1-3H3. The highest BCUT2D eigenvalue weighted by Crippen LogP contribution is 2.10. The third-order valence-corrected chi connectivity index (χ3v) is 2.48. The highest BCUT2D eigenvalue weighted by atomic mass is 14.9. The van der Waals surface area contributed by atoms with Gasteiger partial charge < -0.3 is 5.32 Å². The highest BCUT2D eigenvalue weighted by molar-refractivity contribution is 5.30. The molecule has 0 amide bonds. The Morgan fingerprint density at radius 2 is 2.13 bits per heavy atom. The Labute approximate surface area is 91.9 Å². The van der Waals surface area contributed by atoms with Crippen molar-refractivity contribution in [2.24, 2.45) is 5.92 Å². The van der Waals surface area contributed by atoms with Gasteiger partial charge in [0.25, 0.3) is 0 Å². The average Bonchev–Trinajstić information content (AvgIpc) is 2.21. The predicted molar refractivity (Wildman–Crippen MR) is 62.4 cm³/mol. The summed E-state index contributed by atoms with van der Waals surface area (Å²) in [5, 5.41) is 11.9. The molecule has 1 aromatic carbocycles. The van der Waals surface area contributed by atoms with Gasteiger partial charge in [0, 0.05) is 13.1 Å². The minimum Gasteiger partial charge on any atom is -0.311 e. The summed E-state index contributed by atoms with van der Waals surface area (Å²) in [4.78, 5) is 0. The monoisotopic (exact) mass is 202 g/mol. The zero-order chi connectivity index (χ0) is 11.3. The summed E-state index contributed by atoms with van der Waals surface area (Å²) in [7, 11) is 0. The van der Waals surface area contributed by atoms with Crippen molar-refractivity contribution in [3.05, 3.63) is 34.9 Å². The fourth-order valence-electron chi connectivity index (χ4n) is 1.51. The molecule has 0 aliphatic rings. The number of hydrogen-bond acceptors (Lipinski definition) is 2. The van der Waals surface area contributed by atoms with Gasteiger partial charge in [0.05, 0.1) is 12.0 Å². The number of aryl methyl sites for hydroxylation is 2. The van der Waals surface area contributed by atoms with Gasteiger partial charge in [-0.25, -0.2) is 0 Å². The van der Waals surface area contributed by atoms with Crippen molar-refractivity contribution in [2.45, 2.75) is 27.3 Å². The smallest absolute Gasteiger partial charge is 0.0666 e. The lowest BCUT2D eigenvalue weighted by Crippen LogP contribution is -2.20. The third-order valence-electron chi connectivity index (χ3n) is 2.48. The number of nitrogens with zero attached hydrogens (tertiary/aromatic N) is 1. The Balaban J connectivity index is 2.48. The first-order chi connectivity index (χ1) is 7.13. The molecular formula is C13H18N2. The topological polar surface area (TPSA) is 35.8 Å². The maximum absolute atomic E-state index is 8.63. The number of benzene rings is 1. The van der Waals surface area contributed by atoms with Crippen LogP contribution in [-0.4, -0.2) is 6.54 Å². The van der Waals surface area contributed by atoms with Crippen LogP contribution >= 0.6 is 0 Å². The number of nitriles is 1. The molecule has 15 heavy (non-hydrogen) atoms. The molecule has 2 nitrogen and oxygen atoms in total. The molecule has 1 unspecified atom stereocenters. The maximum atomic E-state index is 8.63. The van der Waals surface area contributed by atoms with Crippen molar-refractivity contribution < 1.29 is 0 Å². The van der Waals surface area contributed by atoms with E-state index in [1.165, 1.54) is 16.7 Å². The van der Waals surface area contributed by atoms with E-state index in [9.17, 15) is 0 Å². The van der Waals surface area contributed by atoms with E-state index in [0.717, 1.165) is 13.1 Å². The fourth-order valence-corrected chi connectivity index (χ4v) is 1.51. The Kier molecular flexibility index (Phi) is 4.33. The van der Waals surface area contributed by atoms with E-state index in [1.54, 1.807) is 0 Å². The second-order valence-electron chi connectivity index (χ2n) is 4.09. The summed E-state index contributed by atoms with van der Waals surface area (Å²) < 4.78 is 0. The Bertz CT molecular complexity index is 363. The van der Waals surface area contributed by atoms with E-state index in [0.29, 0.717) is 0 Å². The molecule has 0 aliphatic heterocycles. The van der Waals surface area contributed by atoms with Crippen molar-refractivity contribution in [3.63, 3.8) is 0 Å². The summed E-state index contributed by atoms with van der Waals surface area (Å²) in [5.41, 5.74) is 3.92. The van der Waals surface area contributed by atoms with Gasteiger partial charge in [-0.15, -0.1) is 0 Å². The molecule has 0 fully saturated rings. The lowest BCUT2D eigenvalue weighted by atomic mass is 10.1. The molecule has 80 valence electrons.